The molecular weight excluding hydrogens is 488 g/mol. The van der Waals surface area contributed by atoms with Gasteiger partial charge in [-0.05, 0) is 22.4 Å². The van der Waals surface area contributed by atoms with Crippen LogP contribution < -0.4 is 20.4 Å². The van der Waals surface area contributed by atoms with E-state index in [1.54, 1.807) is 61.5 Å². The van der Waals surface area contributed by atoms with Gasteiger partial charge < -0.3 is 40.0 Å². The smallest absolute Gasteiger partial charge is 0.326 e. The molecule has 1 aliphatic heterocycles. The predicted molar refractivity (Wildman–Crippen MR) is 122 cm³/mol. The van der Waals surface area contributed by atoms with Gasteiger partial charge >= 0.3 is 11.9 Å². The van der Waals surface area contributed by atoms with E-state index >= 15 is 0 Å². The van der Waals surface area contributed by atoms with Crippen molar-refractivity contribution in [2.75, 3.05) is 10.6 Å². The number of benzene rings is 2. The molecule has 13 heteroatoms. The number of carboxylic acid groups (broad SMARTS) is 1. The van der Waals surface area contributed by atoms with Gasteiger partial charge in [0.1, 0.15) is 30.5 Å². The van der Waals surface area contributed by atoms with Crippen LogP contribution in [0.4, 0.5) is 16.4 Å². The molecular formula is C24H26N4O9. The molecule has 1 aliphatic rings. The maximum absolute atomic E-state index is 12.3. The normalized spacial score (nSPS) is 25.1. The minimum Gasteiger partial charge on any atom is -0.547 e. The summed E-state index contributed by atoms with van der Waals surface area (Å²) in [5.41, 5.74) is 1.18. The van der Waals surface area contributed by atoms with Gasteiger partial charge in [0.2, 0.25) is 11.3 Å². The number of ether oxygens (including phenoxy) is 2. The number of carbonyl (C=O) groups is 2. The Kier molecular flexibility index (Phi) is 8.11. The lowest BCUT2D eigenvalue weighted by Crippen LogP contribution is -2.63. The third kappa shape index (κ3) is 6.10. The molecule has 2 aromatic carbocycles. The summed E-state index contributed by atoms with van der Waals surface area (Å²) in [6.45, 7) is 1.70. The first kappa shape index (κ1) is 26.2. The molecule has 0 aliphatic carbocycles. The highest BCUT2D eigenvalue weighted by Gasteiger charge is 2.47. The summed E-state index contributed by atoms with van der Waals surface area (Å²) in [6, 6.07) is 16.3. The SMILES string of the molecule is CC(C(O[C@@H]1O[C@H](C(=O)[O-])[C@@H](O)[C@H](O)[C@H]1O)c1ccccc1)[n+]1cc(NC(=O)Nc2ccccc2)on1. The highest BCUT2D eigenvalue weighted by atomic mass is 16.7. The number of aliphatic hydroxyl groups excluding tert-OH is 3. The number of nitrogens with zero attached hydrogens (tertiary/aromatic N) is 2. The zero-order valence-electron chi connectivity index (χ0n) is 19.6. The molecule has 1 saturated heterocycles. The van der Waals surface area contributed by atoms with Crippen LogP contribution in [0.2, 0.25) is 0 Å². The molecule has 1 aromatic heterocycles. The summed E-state index contributed by atoms with van der Waals surface area (Å²) >= 11 is 0. The van der Waals surface area contributed by atoms with Gasteiger partial charge in [-0.3, -0.25) is 9.84 Å². The minimum absolute atomic E-state index is 0.0246. The molecule has 4 rings (SSSR count). The van der Waals surface area contributed by atoms with E-state index in [0.29, 0.717) is 11.3 Å². The number of aliphatic hydroxyl groups is 3. The predicted octanol–water partition coefficient (Wildman–Crippen LogP) is -0.517. The lowest BCUT2D eigenvalue weighted by molar-refractivity contribution is -0.790. The van der Waals surface area contributed by atoms with Crippen LogP contribution in [0.1, 0.15) is 24.6 Å². The quantitative estimate of drug-likeness (QED) is 0.245. The highest BCUT2D eigenvalue weighted by molar-refractivity contribution is 5.98. The van der Waals surface area contributed by atoms with Crippen molar-refractivity contribution < 1.29 is 48.7 Å². The Labute approximate surface area is 210 Å². The number of para-hydroxylation sites is 1. The number of aliphatic carboxylic acids is 1. The van der Waals surface area contributed by atoms with Gasteiger partial charge in [-0.25, -0.2) is 4.79 Å². The largest absolute Gasteiger partial charge is 0.547 e. The summed E-state index contributed by atoms with van der Waals surface area (Å²) in [4.78, 5) is 23.6. The first-order chi connectivity index (χ1) is 17.7. The summed E-state index contributed by atoms with van der Waals surface area (Å²) in [5, 5.41) is 50.9. The van der Waals surface area contributed by atoms with Crippen molar-refractivity contribution in [3.8, 4) is 0 Å². The van der Waals surface area contributed by atoms with E-state index in [-0.39, 0.29) is 5.88 Å². The van der Waals surface area contributed by atoms with Crippen LogP contribution in [0.25, 0.3) is 0 Å². The van der Waals surface area contributed by atoms with E-state index in [9.17, 15) is 30.0 Å². The summed E-state index contributed by atoms with van der Waals surface area (Å²) in [7, 11) is 0. The number of amides is 2. The number of urea groups is 1. The number of aromatic nitrogens is 2. The van der Waals surface area contributed by atoms with Crippen molar-refractivity contribution in [1.82, 2.24) is 5.27 Å². The molecule has 1 fully saturated rings. The molecule has 0 saturated carbocycles. The van der Waals surface area contributed by atoms with Crippen molar-refractivity contribution in [3.63, 3.8) is 0 Å². The zero-order chi connectivity index (χ0) is 26.5. The van der Waals surface area contributed by atoms with E-state index in [4.69, 9.17) is 14.0 Å². The van der Waals surface area contributed by atoms with Crippen LogP contribution in [-0.4, -0.2) is 63.3 Å². The highest BCUT2D eigenvalue weighted by Crippen LogP contribution is 2.32. The van der Waals surface area contributed by atoms with Crippen molar-refractivity contribution in [3.05, 3.63) is 72.4 Å². The Morgan fingerprint density at radius 1 is 1.00 bits per heavy atom. The van der Waals surface area contributed by atoms with Crippen molar-refractivity contribution in [2.45, 2.75) is 49.8 Å². The number of carboxylic acids is 1. The molecule has 0 bridgehead atoms. The Balaban J connectivity index is 1.52. The third-order valence-corrected chi connectivity index (χ3v) is 5.82. The van der Waals surface area contributed by atoms with E-state index in [1.165, 1.54) is 10.9 Å². The Morgan fingerprint density at radius 2 is 1.65 bits per heavy atom. The van der Waals surface area contributed by atoms with Gasteiger partial charge in [0, 0.05) is 12.6 Å². The monoisotopic (exact) mass is 514 g/mol. The van der Waals surface area contributed by atoms with Crippen molar-refractivity contribution >= 4 is 23.6 Å². The van der Waals surface area contributed by atoms with Crippen molar-refractivity contribution in [2.24, 2.45) is 0 Å². The van der Waals surface area contributed by atoms with Crippen LogP contribution >= 0.6 is 0 Å². The van der Waals surface area contributed by atoms with Crippen LogP contribution in [-0.2, 0) is 14.3 Å². The number of hydrogen-bond donors (Lipinski definition) is 5. The van der Waals surface area contributed by atoms with Gasteiger partial charge in [0.25, 0.3) is 6.20 Å². The number of nitrogens with one attached hydrogen (secondary N) is 2. The first-order valence-corrected chi connectivity index (χ1v) is 11.4. The standard InChI is InChI=1S/C24H26N4O9/c1-13(28-12-16(37-27-28)26-24(34)25-15-10-6-3-7-11-15)20(14-8-4-2-5-9-14)35-23-19(31)17(29)18(30)21(36-23)22(32)33/h2-13,17-21,23,29-31H,1H3,(H2-,25,26,27,32,33,34)/t13?,17-,18-,19+,20?,21-,23+/m0/s1. The lowest BCUT2D eigenvalue weighted by Gasteiger charge is -2.41. The maximum Gasteiger partial charge on any atom is 0.326 e. The molecule has 7 atom stereocenters. The molecule has 37 heavy (non-hydrogen) atoms. The molecule has 2 heterocycles. The van der Waals surface area contributed by atoms with Gasteiger partial charge in [-0.1, -0.05) is 48.5 Å². The maximum atomic E-state index is 12.3. The van der Waals surface area contributed by atoms with Crippen LogP contribution in [0.3, 0.4) is 0 Å². The summed E-state index contributed by atoms with van der Waals surface area (Å²) < 4.78 is 17.7. The zero-order valence-corrected chi connectivity index (χ0v) is 19.6. The summed E-state index contributed by atoms with van der Waals surface area (Å²) in [6.07, 6.45) is -8.57. The molecule has 196 valence electrons. The second-order valence-electron chi connectivity index (χ2n) is 8.42. The average molecular weight is 514 g/mol. The fraction of sp³-hybridized carbons (Fsp3) is 0.333. The summed E-state index contributed by atoms with van der Waals surface area (Å²) in [5.74, 6) is -1.75. The molecule has 3 aromatic rings. The second kappa shape index (κ2) is 11.5. The molecule has 2 unspecified atom stereocenters. The Morgan fingerprint density at radius 3 is 2.30 bits per heavy atom. The van der Waals surface area contributed by atoms with Crippen molar-refractivity contribution in [1.29, 1.82) is 0 Å². The molecule has 0 spiro atoms. The van der Waals surface area contributed by atoms with E-state index in [2.05, 4.69) is 15.9 Å². The van der Waals surface area contributed by atoms with Gasteiger partial charge in [-0.2, -0.15) is 0 Å². The van der Waals surface area contributed by atoms with E-state index < -0.39 is 54.9 Å². The molecule has 5 N–H and O–H groups in total. The average Bonchev–Trinajstić information content (AvgIpc) is 3.35. The van der Waals surface area contributed by atoms with Crippen LogP contribution in [0, 0.1) is 0 Å². The number of hydrogen-bond acceptors (Lipinski definition) is 10. The molecule has 0 radical (unpaired) electrons. The van der Waals surface area contributed by atoms with Gasteiger partial charge in [0.15, 0.2) is 6.29 Å². The Hall–Kier alpha value is -3.88. The first-order valence-electron chi connectivity index (χ1n) is 11.4. The topological polar surface area (TPSA) is 190 Å². The van der Waals surface area contributed by atoms with Crippen LogP contribution in [0.15, 0.2) is 71.4 Å². The van der Waals surface area contributed by atoms with E-state index in [1.807, 2.05) is 6.07 Å². The van der Waals surface area contributed by atoms with Crippen LogP contribution in [0.5, 0.6) is 0 Å². The fourth-order valence-corrected chi connectivity index (χ4v) is 3.85. The van der Waals surface area contributed by atoms with E-state index in [0.717, 1.165) is 0 Å². The fourth-order valence-electron chi connectivity index (χ4n) is 3.85. The molecule has 13 nitrogen and oxygen atoms in total. The third-order valence-electron chi connectivity index (χ3n) is 5.82. The van der Waals surface area contributed by atoms with Gasteiger partial charge in [-0.15, -0.1) is 0 Å². The number of anilines is 2. The minimum atomic E-state index is -1.92. The number of rotatable bonds is 8. The lowest BCUT2D eigenvalue weighted by atomic mass is 9.98. The second-order valence-corrected chi connectivity index (χ2v) is 8.42. The molecule has 2 amide bonds. The van der Waals surface area contributed by atoms with Gasteiger partial charge in [0.05, 0.1) is 5.97 Å². The Bertz CT molecular complexity index is 1190. The number of carbonyl (C=O) groups excluding carboxylic acids is 2.